The van der Waals surface area contributed by atoms with Gasteiger partial charge in [-0.15, -0.1) is 0 Å². The molecule has 3 heteroatoms. The summed E-state index contributed by atoms with van der Waals surface area (Å²) in [4.78, 5) is 12.0. The van der Waals surface area contributed by atoms with Crippen molar-refractivity contribution in [2.45, 2.75) is 26.2 Å². The molecule has 98 valence electrons. The molecule has 0 aliphatic carbocycles. The molecule has 2 aromatic rings. The van der Waals surface area contributed by atoms with Crippen molar-refractivity contribution >= 4 is 22.4 Å². The Kier molecular flexibility index (Phi) is 2.43. The Morgan fingerprint density at radius 3 is 2.53 bits per heavy atom. The Morgan fingerprint density at radius 1 is 1.21 bits per heavy atom. The van der Waals surface area contributed by atoms with Gasteiger partial charge in [-0.25, -0.2) is 4.39 Å². The lowest BCUT2D eigenvalue weighted by Crippen LogP contribution is -2.41. The van der Waals surface area contributed by atoms with E-state index in [0.717, 1.165) is 10.9 Å². The van der Waals surface area contributed by atoms with Gasteiger partial charge in [-0.1, -0.05) is 45.0 Å². The van der Waals surface area contributed by atoms with Gasteiger partial charge in [0, 0.05) is 22.4 Å². The number of fused-ring (bicyclic) bond motifs is 3. The van der Waals surface area contributed by atoms with E-state index in [-0.39, 0.29) is 23.1 Å². The zero-order chi connectivity index (χ0) is 13.8. The first-order chi connectivity index (χ1) is 8.93. The fourth-order valence-corrected chi connectivity index (χ4v) is 2.91. The molecule has 0 spiro atoms. The minimum atomic E-state index is -0.315. The van der Waals surface area contributed by atoms with Crippen LogP contribution in [0, 0.1) is 11.7 Å². The van der Waals surface area contributed by atoms with Crippen LogP contribution in [0.4, 0.5) is 10.1 Å². The molecule has 2 aromatic carbocycles. The summed E-state index contributed by atoms with van der Waals surface area (Å²) in [5, 5.41) is 4.31. The molecule has 3 rings (SSSR count). The van der Waals surface area contributed by atoms with Crippen LogP contribution >= 0.6 is 0 Å². The van der Waals surface area contributed by atoms with Gasteiger partial charge in [-0.05, 0) is 17.0 Å². The molecular formula is C16H16FNO. The first-order valence-electron chi connectivity index (χ1n) is 6.45. The largest absolute Gasteiger partial charge is 0.325 e. The number of halogens is 1. The first kappa shape index (κ1) is 12.2. The molecule has 0 fully saturated rings. The highest BCUT2D eigenvalue weighted by Crippen LogP contribution is 2.45. The van der Waals surface area contributed by atoms with Crippen LogP contribution < -0.4 is 5.32 Å². The topological polar surface area (TPSA) is 29.1 Å². The molecule has 2 nitrogen and oxygen atoms in total. The van der Waals surface area contributed by atoms with Crippen LogP contribution in [-0.2, 0) is 10.2 Å². The SMILES string of the molecule is CC1C(=O)Nc2cc(F)c3ccccc3c2C1(C)C. The fraction of sp³-hybridized carbons (Fsp3) is 0.312. The molecular weight excluding hydrogens is 241 g/mol. The van der Waals surface area contributed by atoms with Crippen LogP contribution in [0.3, 0.4) is 0 Å². The van der Waals surface area contributed by atoms with Crippen molar-refractivity contribution < 1.29 is 9.18 Å². The van der Waals surface area contributed by atoms with Crippen LogP contribution in [0.2, 0.25) is 0 Å². The van der Waals surface area contributed by atoms with E-state index in [2.05, 4.69) is 5.32 Å². The van der Waals surface area contributed by atoms with Crippen molar-refractivity contribution in [3.63, 3.8) is 0 Å². The van der Waals surface area contributed by atoms with Gasteiger partial charge in [0.25, 0.3) is 0 Å². The summed E-state index contributed by atoms with van der Waals surface area (Å²) >= 11 is 0. The van der Waals surface area contributed by atoms with Gasteiger partial charge in [-0.3, -0.25) is 4.79 Å². The number of benzene rings is 2. The second-order valence-corrected chi connectivity index (χ2v) is 5.76. The van der Waals surface area contributed by atoms with Crippen LogP contribution in [0.5, 0.6) is 0 Å². The third-order valence-corrected chi connectivity index (χ3v) is 4.37. The monoisotopic (exact) mass is 257 g/mol. The van der Waals surface area contributed by atoms with E-state index in [4.69, 9.17) is 0 Å². The molecule has 1 heterocycles. The Bertz CT molecular complexity index is 690. The summed E-state index contributed by atoms with van der Waals surface area (Å²) in [6, 6.07) is 8.86. The summed E-state index contributed by atoms with van der Waals surface area (Å²) in [7, 11) is 0. The van der Waals surface area contributed by atoms with E-state index in [0.29, 0.717) is 11.1 Å². The van der Waals surface area contributed by atoms with Crippen molar-refractivity contribution in [1.29, 1.82) is 0 Å². The van der Waals surface area contributed by atoms with Gasteiger partial charge in [0.1, 0.15) is 5.82 Å². The lowest BCUT2D eigenvalue weighted by Gasteiger charge is -2.38. The number of amides is 1. The average Bonchev–Trinajstić information content (AvgIpc) is 2.36. The number of hydrogen-bond donors (Lipinski definition) is 1. The fourth-order valence-electron chi connectivity index (χ4n) is 2.91. The molecule has 0 saturated carbocycles. The van der Waals surface area contributed by atoms with E-state index < -0.39 is 0 Å². The van der Waals surface area contributed by atoms with Crippen molar-refractivity contribution in [1.82, 2.24) is 0 Å². The molecule has 1 aliphatic rings. The molecule has 1 N–H and O–H groups in total. The van der Waals surface area contributed by atoms with Crippen LogP contribution in [0.1, 0.15) is 26.3 Å². The minimum Gasteiger partial charge on any atom is -0.325 e. The quantitative estimate of drug-likeness (QED) is 0.763. The van der Waals surface area contributed by atoms with E-state index >= 15 is 0 Å². The molecule has 0 radical (unpaired) electrons. The second kappa shape index (κ2) is 3.80. The smallest absolute Gasteiger partial charge is 0.228 e. The Balaban J connectivity index is 2.44. The summed E-state index contributed by atoms with van der Waals surface area (Å²) < 4.78 is 14.1. The molecule has 1 unspecified atom stereocenters. The molecule has 1 aliphatic heterocycles. The number of carbonyl (C=O) groups excluding carboxylic acids is 1. The second-order valence-electron chi connectivity index (χ2n) is 5.76. The summed E-state index contributed by atoms with van der Waals surface area (Å²) in [5.74, 6) is -0.485. The number of anilines is 1. The Morgan fingerprint density at radius 2 is 1.84 bits per heavy atom. The molecule has 0 saturated heterocycles. The minimum absolute atomic E-state index is 0.0489. The summed E-state index contributed by atoms with van der Waals surface area (Å²) in [6.07, 6.45) is 0. The highest BCUT2D eigenvalue weighted by atomic mass is 19.1. The van der Waals surface area contributed by atoms with Crippen LogP contribution in [-0.4, -0.2) is 5.91 Å². The van der Waals surface area contributed by atoms with Gasteiger partial charge in [0.05, 0.1) is 0 Å². The van der Waals surface area contributed by atoms with Gasteiger partial charge < -0.3 is 5.32 Å². The molecule has 0 bridgehead atoms. The first-order valence-corrected chi connectivity index (χ1v) is 6.45. The van der Waals surface area contributed by atoms with E-state index in [1.54, 1.807) is 6.07 Å². The number of rotatable bonds is 0. The maximum absolute atomic E-state index is 14.1. The molecule has 1 atom stereocenters. The summed E-state index contributed by atoms with van der Waals surface area (Å²) in [6.45, 7) is 6.00. The third kappa shape index (κ3) is 1.57. The van der Waals surface area contributed by atoms with Gasteiger partial charge in [0.2, 0.25) is 5.91 Å². The zero-order valence-electron chi connectivity index (χ0n) is 11.3. The lowest BCUT2D eigenvalue weighted by atomic mass is 9.69. The number of nitrogens with one attached hydrogen (secondary N) is 1. The normalized spacial score (nSPS) is 21.1. The Labute approximate surface area is 111 Å². The van der Waals surface area contributed by atoms with Gasteiger partial charge >= 0.3 is 0 Å². The van der Waals surface area contributed by atoms with Crippen molar-refractivity contribution in [2.24, 2.45) is 5.92 Å². The number of hydrogen-bond acceptors (Lipinski definition) is 1. The molecule has 0 aromatic heterocycles. The third-order valence-electron chi connectivity index (χ3n) is 4.37. The van der Waals surface area contributed by atoms with E-state index in [9.17, 15) is 9.18 Å². The standard InChI is InChI=1S/C16H16FNO/c1-9-15(19)18-13-8-12(17)10-6-4-5-7-11(10)14(13)16(9,2)3/h4-9H,1-3H3,(H,18,19). The zero-order valence-corrected chi connectivity index (χ0v) is 11.3. The maximum Gasteiger partial charge on any atom is 0.228 e. The van der Waals surface area contributed by atoms with Gasteiger partial charge in [-0.2, -0.15) is 0 Å². The Hall–Kier alpha value is -1.90. The summed E-state index contributed by atoms with van der Waals surface area (Å²) in [5.41, 5.74) is 1.31. The van der Waals surface area contributed by atoms with Crippen LogP contribution in [0.15, 0.2) is 30.3 Å². The van der Waals surface area contributed by atoms with Crippen molar-refractivity contribution in [2.75, 3.05) is 5.32 Å². The lowest BCUT2D eigenvalue weighted by molar-refractivity contribution is -0.121. The van der Waals surface area contributed by atoms with E-state index in [1.165, 1.54) is 6.07 Å². The predicted octanol–water partition coefficient (Wildman–Crippen LogP) is 3.84. The van der Waals surface area contributed by atoms with Crippen LogP contribution in [0.25, 0.3) is 10.8 Å². The van der Waals surface area contributed by atoms with Gasteiger partial charge in [0.15, 0.2) is 0 Å². The van der Waals surface area contributed by atoms with E-state index in [1.807, 2.05) is 39.0 Å². The van der Waals surface area contributed by atoms with Crippen molar-refractivity contribution in [3.8, 4) is 0 Å². The van der Waals surface area contributed by atoms with Crippen molar-refractivity contribution in [3.05, 3.63) is 41.7 Å². The highest BCUT2D eigenvalue weighted by molar-refractivity contribution is 6.03. The predicted molar refractivity (Wildman–Crippen MR) is 74.7 cm³/mol. The highest BCUT2D eigenvalue weighted by Gasteiger charge is 2.40. The number of carbonyl (C=O) groups is 1. The molecule has 1 amide bonds. The maximum atomic E-state index is 14.1. The molecule has 19 heavy (non-hydrogen) atoms. The average molecular weight is 257 g/mol.